The van der Waals surface area contributed by atoms with Gasteiger partial charge in [-0.2, -0.15) is 0 Å². The number of carbonyl (C=O) groups excluding carboxylic acids is 3. The molecule has 3 amide bonds. The van der Waals surface area contributed by atoms with Gasteiger partial charge in [-0.05, 0) is 55.4 Å². The fraction of sp³-hybridized carbons (Fsp3) is 0.487. The third-order valence-electron chi connectivity index (χ3n) is 9.01. The van der Waals surface area contributed by atoms with Crippen molar-refractivity contribution in [1.82, 2.24) is 26.1 Å². The number of amides is 3. The lowest BCUT2D eigenvalue weighted by molar-refractivity contribution is -0.131. The number of pyridine rings is 1. The Labute approximate surface area is 305 Å². The number of hydrazine groups is 1. The summed E-state index contributed by atoms with van der Waals surface area (Å²) in [6, 6.07) is 21.2. The third-order valence-corrected chi connectivity index (χ3v) is 9.01. The molecule has 0 radical (unpaired) electrons. The summed E-state index contributed by atoms with van der Waals surface area (Å²) < 4.78 is 22.3. The van der Waals surface area contributed by atoms with Gasteiger partial charge in [0.05, 0.1) is 43.1 Å². The monoisotopic (exact) mass is 717 g/mol. The molecule has 0 bridgehead atoms. The molecule has 5 rings (SSSR count). The Morgan fingerprint density at radius 2 is 1.67 bits per heavy atom. The Bertz CT molecular complexity index is 1600. The second-order valence-electron chi connectivity index (χ2n) is 14.6. The number of aromatic nitrogens is 1. The largest absolute Gasteiger partial charge is 0.447 e. The van der Waals surface area contributed by atoms with Crippen LogP contribution in [0.2, 0.25) is 0 Å². The molecule has 13 heteroatoms. The molecule has 2 saturated heterocycles. The summed E-state index contributed by atoms with van der Waals surface area (Å²) in [6.07, 6.45) is -1.02. The third kappa shape index (κ3) is 11.0. The summed E-state index contributed by atoms with van der Waals surface area (Å²) in [6.45, 7) is 9.87. The minimum absolute atomic E-state index is 0.0415. The molecule has 4 N–H and O–H groups in total. The van der Waals surface area contributed by atoms with Gasteiger partial charge in [0.25, 0.3) is 5.91 Å². The van der Waals surface area contributed by atoms with E-state index >= 15 is 0 Å². The van der Waals surface area contributed by atoms with Crippen molar-refractivity contribution in [1.29, 1.82) is 0 Å². The van der Waals surface area contributed by atoms with Crippen LogP contribution in [0.4, 0.5) is 9.59 Å². The average Bonchev–Trinajstić information content (AvgIpc) is 3.72. The van der Waals surface area contributed by atoms with Crippen molar-refractivity contribution in [3.63, 3.8) is 0 Å². The number of hydrogen-bond acceptors (Lipinski definition) is 10. The molecule has 2 fully saturated rings. The number of hydrogen-bond donors (Lipinski definition) is 4. The predicted molar refractivity (Wildman–Crippen MR) is 193 cm³/mol. The molecule has 0 saturated carbocycles. The van der Waals surface area contributed by atoms with Crippen LogP contribution in [0.15, 0.2) is 79.0 Å². The van der Waals surface area contributed by atoms with Gasteiger partial charge in [0.1, 0.15) is 12.1 Å². The van der Waals surface area contributed by atoms with Crippen molar-refractivity contribution in [3.05, 3.63) is 90.1 Å². The van der Waals surface area contributed by atoms with Crippen molar-refractivity contribution in [2.24, 2.45) is 11.3 Å². The number of fused-ring (bicyclic) bond motifs is 1. The highest BCUT2D eigenvalue weighted by Gasteiger charge is 2.44. The van der Waals surface area contributed by atoms with E-state index in [9.17, 15) is 19.5 Å². The second-order valence-corrected chi connectivity index (χ2v) is 14.6. The highest BCUT2D eigenvalue weighted by molar-refractivity contribution is 5.86. The van der Waals surface area contributed by atoms with Gasteiger partial charge in [-0.1, -0.05) is 81.4 Å². The number of alkyl carbamates (subject to hydrolysis) is 2. The van der Waals surface area contributed by atoms with Crippen LogP contribution in [0.1, 0.15) is 52.2 Å². The second kappa shape index (κ2) is 17.8. The topological polar surface area (TPSA) is 161 Å². The number of carbonyl (C=O) groups is 3. The SMILES string of the molecule is CC(C)OC(=O)NC(C(=O)NN(Cc1ccc(-c2ccccn2)cc1)C[C@H](O)[C@H](Cc1ccccc1)NC(=O)O[C@H]1CO[C@H]2OCC[C@H]21)C(C)(C)C. The number of nitrogens with one attached hydrogen (secondary N) is 3. The molecular formula is C39H51N5O8. The lowest BCUT2D eigenvalue weighted by Gasteiger charge is -2.34. The van der Waals surface area contributed by atoms with Crippen LogP contribution in [0.3, 0.4) is 0 Å². The van der Waals surface area contributed by atoms with Crippen molar-refractivity contribution >= 4 is 18.1 Å². The molecule has 2 aromatic carbocycles. The first-order valence-electron chi connectivity index (χ1n) is 17.8. The lowest BCUT2D eigenvalue weighted by Crippen LogP contribution is -2.59. The number of benzene rings is 2. The zero-order chi connectivity index (χ0) is 37.3. The number of ether oxygens (including phenoxy) is 4. The van der Waals surface area contributed by atoms with Gasteiger partial charge in [0, 0.05) is 24.8 Å². The summed E-state index contributed by atoms with van der Waals surface area (Å²) >= 11 is 0. The average molecular weight is 718 g/mol. The van der Waals surface area contributed by atoms with Crippen molar-refractivity contribution in [2.75, 3.05) is 19.8 Å². The van der Waals surface area contributed by atoms with Crippen LogP contribution < -0.4 is 16.1 Å². The summed E-state index contributed by atoms with van der Waals surface area (Å²) in [4.78, 5) is 44.3. The number of nitrogens with zero attached hydrogens (tertiary/aromatic N) is 2. The molecule has 3 aromatic rings. The summed E-state index contributed by atoms with van der Waals surface area (Å²) in [5.41, 5.74) is 5.73. The fourth-order valence-corrected chi connectivity index (χ4v) is 6.32. The Kier molecular flexibility index (Phi) is 13.2. The molecule has 2 aliphatic rings. The van der Waals surface area contributed by atoms with Crippen LogP contribution in [-0.4, -0.2) is 89.6 Å². The number of aliphatic hydroxyl groups is 1. The van der Waals surface area contributed by atoms with Gasteiger partial charge in [0.15, 0.2) is 6.29 Å². The summed E-state index contributed by atoms with van der Waals surface area (Å²) in [5, 5.41) is 19.0. The van der Waals surface area contributed by atoms with Gasteiger partial charge >= 0.3 is 12.2 Å². The number of rotatable bonds is 14. The Hall–Kier alpha value is -4.56. The molecule has 0 aliphatic carbocycles. The molecule has 6 atom stereocenters. The van der Waals surface area contributed by atoms with E-state index in [1.165, 1.54) is 0 Å². The van der Waals surface area contributed by atoms with E-state index in [-0.39, 0.29) is 38.0 Å². The Morgan fingerprint density at radius 3 is 2.35 bits per heavy atom. The molecular weight excluding hydrogens is 666 g/mol. The van der Waals surface area contributed by atoms with E-state index in [0.29, 0.717) is 13.0 Å². The van der Waals surface area contributed by atoms with Crippen molar-refractivity contribution in [2.45, 2.75) is 90.7 Å². The summed E-state index contributed by atoms with van der Waals surface area (Å²) in [7, 11) is 0. The standard InChI is InChI=1S/C39H51N5O8/c1-25(2)51-38(48)42-34(39(3,4)5)35(46)43-44(22-27-14-16-28(17-15-27)30-13-9-10-19-40-30)23-32(45)31(21-26-11-7-6-8-12-26)41-37(47)52-33-24-50-36-29(33)18-20-49-36/h6-17,19,25,29,31-34,36,45H,18,20-24H2,1-5H3,(H,41,47)(H,42,48)(H,43,46)/t29-,31-,32-,33-,34?,36+/m0/s1. The maximum absolute atomic E-state index is 13.9. The Balaban J connectivity index is 1.36. The van der Waals surface area contributed by atoms with Crippen LogP contribution in [0.25, 0.3) is 11.3 Å². The van der Waals surface area contributed by atoms with E-state index in [1.54, 1.807) is 25.1 Å². The van der Waals surface area contributed by atoms with E-state index in [1.807, 2.05) is 93.6 Å². The van der Waals surface area contributed by atoms with Crippen LogP contribution in [0, 0.1) is 11.3 Å². The van der Waals surface area contributed by atoms with Gasteiger partial charge < -0.3 is 34.7 Å². The smallest absolute Gasteiger partial charge is 0.408 e. The molecule has 2 aliphatic heterocycles. The van der Waals surface area contributed by atoms with Crippen LogP contribution in [-0.2, 0) is 36.7 Å². The quantitative estimate of drug-likeness (QED) is 0.174. The highest BCUT2D eigenvalue weighted by Crippen LogP contribution is 2.33. The molecule has 52 heavy (non-hydrogen) atoms. The molecule has 1 unspecified atom stereocenters. The van der Waals surface area contributed by atoms with Gasteiger partial charge in [0.2, 0.25) is 0 Å². The van der Waals surface area contributed by atoms with Crippen LogP contribution in [0.5, 0.6) is 0 Å². The van der Waals surface area contributed by atoms with E-state index in [2.05, 4.69) is 21.0 Å². The lowest BCUT2D eigenvalue weighted by atomic mass is 9.86. The maximum Gasteiger partial charge on any atom is 0.408 e. The molecule has 3 heterocycles. The van der Waals surface area contributed by atoms with Crippen LogP contribution >= 0.6 is 0 Å². The van der Waals surface area contributed by atoms with Gasteiger partial charge in [-0.25, -0.2) is 14.6 Å². The number of aliphatic hydroxyl groups excluding tert-OH is 1. The first kappa shape index (κ1) is 38.7. The molecule has 280 valence electrons. The normalized spacial score (nSPS) is 20.1. The minimum Gasteiger partial charge on any atom is -0.447 e. The highest BCUT2D eigenvalue weighted by atomic mass is 16.7. The maximum atomic E-state index is 13.9. The first-order chi connectivity index (χ1) is 24.9. The van der Waals surface area contributed by atoms with E-state index in [4.69, 9.17) is 18.9 Å². The molecule has 1 aromatic heterocycles. The van der Waals surface area contributed by atoms with E-state index in [0.717, 1.165) is 28.8 Å². The predicted octanol–water partition coefficient (Wildman–Crippen LogP) is 4.59. The minimum atomic E-state index is -1.17. The van der Waals surface area contributed by atoms with E-state index < -0.39 is 47.8 Å². The fourth-order valence-electron chi connectivity index (χ4n) is 6.32. The van der Waals surface area contributed by atoms with Crippen molar-refractivity contribution in [3.8, 4) is 11.3 Å². The van der Waals surface area contributed by atoms with Gasteiger partial charge in [-0.15, -0.1) is 0 Å². The first-order valence-corrected chi connectivity index (χ1v) is 17.8. The van der Waals surface area contributed by atoms with Gasteiger partial charge in [-0.3, -0.25) is 15.2 Å². The summed E-state index contributed by atoms with van der Waals surface area (Å²) in [5.74, 6) is -0.535. The zero-order valence-corrected chi connectivity index (χ0v) is 30.5. The van der Waals surface area contributed by atoms with Crippen molar-refractivity contribution < 1.29 is 38.4 Å². The zero-order valence-electron chi connectivity index (χ0n) is 30.5. The molecule has 0 spiro atoms. The Morgan fingerprint density at radius 1 is 0.942 bits per heavy atom. The molecule has 13 nitrogen and oxygen atoms in total.